The van der Waals surface area contributed by atoms with Gasteiger partial charge in [-0.25, -0.2) is 13.2 Å². The zero-order valence-corrected chi connectivity index (χ0v) is 11.1. The number of halogens is 5. The first kappa shape index (κ1) is 13.2. The van der Waals surface area contributed by atoms with Crippen molar-refractivity contribution in [3.05, 3.63) is 32.5 Å². The number of nitrogens with one attached hydrogen (secondary N) is 1. The molecule has 6 heteroatoms. The fraction of sp³-hybridized carbons (Fsp3) is 0.455. The molecule has 1 nitrogen and oxygen atoms in total. The maximum atomic E-state index is 13.8. The largest absolute Gasteiger partial charge is 0.317 e. The highest BCUT2D eigenvalue weighted by atomic mass is 79.9. The van der Waals surface area contributed by atoms with Gasteiger partial charge >= 0.3 is 0 Å². The van der Waals surface area contributed by atoms with Gasteiger partial charge in [0, 0.05) is 5.56 Å². The van der Waals surface area contributed by atoms with Crippen LogP contribution in [0.15, 0.2) is 4.47 Å². The van der Waals surface area contributed by atoms with Crippen LogP contribution in [-0.2, 0) is 0 Å². The molecule has 0 unspecified atom stereocenters. The van der Waals surface area contributed by atoms with Crippen LogP contribution in [0, 0.1) is 17.5 Å². The van der Waals surface area contributed by atoms with Crippen LogP contribution in [0.5, 0.6) is 0 Å². The molecule has 1 fully saturated rings. The second kappa shape index (κ2) is 5.16. The van der Waals surface area contributed by atoms with E-state index in [2.05, 4.69) is 21.2 Å². The summed E-state index contributed by atoms with van der Waals surface area (Å²) in [7, 11) is 0. The molecule has 0 aliphatic carbocycles. The Labute approximate surface area is 110 Å². The van der Waals surface area contributed by atoms with E-state index < -0.39 is 22.5 Å². The Hall–Kier alpha value is -0.260. The van der Waals surface area contributed by atoms with Gasteiger partial charge < -0.3 is 5.32 Å². The third-order valence-corrected chi connectivity index (χ3v) is 4.10. The predicted octanol–water partition coefficient (Wildman–Crippen LogP) is 3.99. The maximum Gasteiger partial charge on any atom is 0.180 e. The van der Waals surface area contributed by atoms with E-state index >= 15 is 0 Å². The fourth-order valence-electron chi connectivity index (χ4n) is 2.09. The van der Waals surface area contributed by atoms with Crippen molar-refractivity contribution in [2.75, 3.05) is 13.1 Å². The molecule has 1 aromatic carbocycles. The van der Waals surface area contributed by atoms with Crippen molar-refractivity contribution in [1.29, 1.82) is 0 Å². The molecule has 17 heavy (non-hydrogen) atoms. The zero-order chi connectivity index (χ0) is 12.6. The second-order valence-corrected chi connectivity index (χ2v) is 5.18. The molecular weight excluding hydrogens is 318 g/mol. The van der Waals surface area contributed by atoms with Crippen LogP contribution < -0.4 is 5.32 Å². The van der Waals surface area contributed by atoms with Gasteiger partial charge in [-0.3, -0.25) is 0 Å². The molecule has 1 aromatic rings. The van der Waals surface area contributed by atoms with E-state index in [9.17, 15) is 13.2 Å². The van der Waals surface area contributed by atoms with Gasteiger partial charge in [-0.05, 0) is 47.8 Å². The van der Waals surface area contributed by atoms with E-state index in [1.165, 1.54) is 0 Å². The first-order valence-corrected chi connectivity index (χ1v) is 6.43. The molecule has 1 N–H and O–H groups in total. The molecule has 0 aromatic heterocycles. The average molecular weight is 329 g/mol. The highest BCUT2D eigenvalue weighted by molar-refractivity contribution is 9.10. The van der Waals surface area contributed by atoms with Crippen molar-refractivity contribution in [3.63, 3.8) is 0 Å². The second-order valence-electron chi connectivity index (χ2n) is 4.01. The van der Waals surface area contributed by atoms with Gasteiger partial charge in [-0.1, -0.05) is 11.6 Å². The van der Waals surface area contributed by atoms with E-state index in [0.29, 0.717) is 25.9 Å². The third kappa shape index (κ3) is 2.33. The van der Waals surface area contributed by atoms with Gasteiger partial charge in [0.25, 0.3) is 0 Å². The van der Waals surface area contributed by atoms with E-state index in [-0.39, 0.29) is 16.0 Å². The minimum atomic E-state index is -1.30. The van der Waals surface area contributed by atoms with Crippen molar-refractivity contribution in [2.24, 2.45) is 0 Å². The van der Waals surface area contributed by atoms with Crippen molar-refractivity contribution in [3.8, 4) is 0 Å². The van der Waals surface area contributed by atoms with Crippen molar-refractivity contribution in [1.82, 2.24) is 5.32 Å². The predicted molar refractivity (Wildman–Crippen MR) is 63.9 cm³/mol. The Morgan fingerprint density at radius 3 is 2.24 bits per heavy atom. The minimum Gasteiger partial charge on any atom is -0.317 e. The molecule has 0 spiro atoms. The summed E-state index contributed by atoms with van der Waals surface area (Å²) >= 11 is 8.33. The molecule has 1 saturated heterocycles. The van der Waals surface area contributed by atoms with E-state index in [0.717, 1.165) is 0 Å². The Morgan fingerprint density at radius 2 is 1.65 bits per heavy atom. The summed E-state index contributed by atoms with van der Waals surface area (Å²) in [4.78, 5) is 0. The van der Waals surface area contributed by atoms with Crippen LogP contribution in [0.2, 0.25) is 5.02 Å². The highest BCUT2D eigenvalue weighted by Gasteiger charge is 2.28. The molecule has 1 aliphatic rings. The Bertz CT molecular complexity index is 418. The Kier molecular flexibility index (Phi) is 4.00. The molecule has 0 radical (unpaired) electrons. The highest BCUT2D eigenvalue weighted by Crippen LogP contribution is 2.39. The van der Waals surface area contributed by atoms with Crippen LogP contribution in [0.3, 0.4) is 0 Å². The summed E-state index contributed by atoms with van der Waals surface area (Å²) < 4.78 is 40.7. The van der Waals surface area contributed by atoms with Gasteiger partial charge in [0.15, 0.2) is 17.5 Å². The summed E-state index contributed by atoms with van der Waals surface area (Å²) in [6.07, 6.45) is 1.30. The number of hydrogen-bond acceptors (Lipinski definition) is 1. The lowest BCUT2D eigenvalue weighted by molar-refractivity contribution is 0.421. The van der Waals surface area contributed by atoms with Crippen LogP contribution in [0.25, 0.3) is 0 Å². The lowest BCUT2D eigenvalue weighted by Crippen LogP contribution is -2.27. The van der Waals surface area contributed by atoms with Gasteiger partial charge in [-0.15, -0.1) is 0 Å². The maximum absolute atomic E-state index is 13.8. The van der Waals surface area contributed by atoms with Gasteiger partial charge in [0.05, 0.1) is 4.47 Å². The first-order chi connectivity index (χ1) is 8.04. The summed E-state index contributed by atoms with van der Waals surface area (Å²) in [5.41, 5.74) is 0.0610. The monoisotopic (exact) mass is 327 g/mol. The molecule has 0 saturated carbocycles. The summed E-state index contributed by atoms with van der Waals surface area (Å²) in [6, 6.07) is 0. The third-order valence-electron chi connectivity index (χ3n) is 2.99. The van der Waals surface area contributed by atoms with Crippen LogP contribution >= 0.6 is 27.5 Å². The van der Waals surface area contributed by atoms with Gasteiger partial charge in [0.2, 0.25) is 0 Å². The van der Waals surface area contributed by atoms with Crippen molar-refractivity contribution < 1.29 is 13.2 Å². The Morgan fingerprint density at radius 1 is 1.06 bits per heavy atom. The number of benzene rings is 1. The molecular formula is C11H10BrClF3N. The Balaban J connectivity index is 2.52. The van der Waals surface area contributed by atoms with Crippen LogP contribution in [-0.4, -0.2) is 13.1 Å². The average Bonchev–Trinajstić information content (AvgIpc) is 2.36. The molecule has 1 aliphatic heterocycles. The number of hydrogen-bond donors (Lipinski definition) is 1. The standard InChI is InChI=1S/C11H10BrClF3N/c12-7-6(5-1-3-17-4-2-5)9(14)11(16)8(13)10(7)15/h5,17H,1-4H2. The number of rotatable bonds is 1. The lowest BCUT2D eigenvalue weighted by Gasteiger charge is -2.24. The normalized spacial score (nSPS) is 17.5. The molecule has 0 amide bonds. The summed E-state index contributed by atoms with van der Waals surface area (Å²) in [5.74, 6) is -3.47. The van der Waals surface area contributed by atoms with E-state index in [1.807, 2.05) is 0 Å². The quantitative estimate of drug-likeness (QED) is 0.607. The molecule has 94 valence electrons. The van der Waals surface area contributed by atoms with Gasteiger partial charge in [0.1, 0.15) is 5.02 Å². The lowest BCUT2D eigenvalue weighted by atomic mass is 9.89. The fourth-order valence-corrected chi connectivity index (χ4v) is 3.08. The van der Waals surface area contributed by atoms with Crippen molar-refractivity contribution in [2.45, 2.75) is 18.8 Å². The van der Waals surface area contributed by atoms with E-state index in [4.69, 9.17) is 11.6 Å². The van der Waals surface area contributed by atoms with Crippen LogP contribution in [0.1, 0.15) is 24.3 Å². The first-order valence-electron chi connectivity index (χ1n) is 5.26. The number of piperidine rings is 1. The molecule has 2 rings (SSSR count). The summed E-state index contributed by atoms with van der Waals surface area (Å²) in [5, 5.41) is 2.31. The zero-order valence-electron chi connectivity index (χ0n) is 8.80. The smallest absolute Gasteiger partial charge is 0.180 e. The molecule has 0 atom stereocenters. The SMILES string of the molecule is Fc1c(F)c(C2CCNCC2)c(Br)c(F)c1Cl. The van der Waals surface area contributed by atoms with Crippen molar-refractivity contribution >= 4 is 27.5 Å². The molecule has 0 bridgehead atoms. The summed E-state index contributed by atoms with van der Waals surface area (Å²) in [6.45, 7) is 1.42. The topological polar surface area (TPSA) is 12.0 Å². The van der Waals surface area contributed by atoms with Gasteiger partial charge in [-0.2, -0.15) is 0 Å². The van der Waals surface area contributed by atoms with Crippen LogP contribution in [0.4, 0.5) is 13.2 Å². The molecule has 1 heterocycles. The van der Waals surface area contributed by atoms with E-state index in [1.54, 1.807) is 0 Å². The minimum absolute atomic E-state index is 0.0610.